The molecule has 0 aliphatic carbocycles. The van der Waals surface area contributed by atoms with E-state index < -0.39 is 11.6 Å². The van der Waals surface area contributed by atoms with Gasteiger partial charge in [0.2, 0.25) is 0 Å². The first-order chi connectivity index (χ1) is 10.2. The maximum absolute atomic E-state index is 13.5. The number of halogens is 2. The molecule has 2 nitrogen and oxygen atoms in total. The highest BCUT2D eigenvalue weighted by Crippen LogP contribution is 2.29. The molecular formula is C17H14F2N2. The number of rotatable bonds is 3. The number of hydrogen-bond acceptors (Lipinski definition) is 2. The normalized spacial score (nSPS) is 12.5. The van der Waals surface area contributed by atoms with Crippen LogP contribution in [0, 0.1) is 11.6 Å². The molecule has 1 N–H and O–H groups in total. The lowest BCUT2D eigenvalue weighted by molar-refractivity contribution is 0.505. The Bertz CT molecular complexity index is 781. The summed E-state index contributed by atoms with van der Waals surface area (Å²) in [6.45, 7) is 0. The number of pyridine rings is 1. The van der Waals surface area contributed by atoms with E-state index >= 15 is 0 Å². The SMILES string of the molecule is CNC(c1ccc(F)c(F)c1)c1cccc2ccncc12. The van der Waals surface area contributed by atoms with Gasteiger partial charge in [-0.2, -0.15) is 0 Å². The van der Waals surface area contributed by atoms with Gasteiger partial charge in [0.1, 0.15) is 0 Å². The van der Waals surface area contributed by atoms with E-state index in [1.165, 1.54) is 6.07 Å². The van der Waals surface area contributed by atoms with Crippen molar-refractivity contribution in [1.82, 2.24) is 10.3 Å². The summed E-state index contributed by atoms with van der Waals surface area (Å²) in [5.74, 6) is -1.68. The van der Waals surface area contributed by atoms with Gasteiger partial charge in [-0.05, 0) is 41.8 Å². The van der Waals surface area contributed by atoms with E-state index in [1.54, 1.807) is 25.5 Å². The molecule has 21 heavy (non-hydrogen) atoms. The highest BCUT2D eigenvalue weighted by atomic mass is 19.2. The molecule has 0 aliphatic heterocycles. The van der Waals surface area contributed by atoms with Crippen LogP contribution in [0.15, 0.2) is 54.9 Å². The predicted molar refractivity (Wildman–Crippen MR) is 79.0 cm³/mol. The van der Waals surface area contributed by atoms with Gasteiger partial charge >= 0.3 is 0 Å². The molecule has 0 radical (unpaired) electrons. The van der Waals surface area contributed by atoms with Crippen LogP contribution in [0.2, 0.25) is 0 Å². The topological polar surface area (TPSA) is 24.9 Å². The summed E-state index contributed by atoms with van der Waals surface area (Å²) in [4.78, 5) is 4.15. The molecule has 1 unspecified atom stereocenters. The van der Waals surface area contributed by atoms with Gasteiger partial charge in [-0.3, -0.25) is 4.98 Å². The molecule has 0 fully saturated rings. The lowest BCUT2D eigenvalue weighted by Crippen LogP contribution is -2.18. The second-order valence-electron chi connectivity index (χ2n) is 4.84. The van der Waals surface area contributed by atoms with E-state index in [1.807, 2.05) is 24.3 Å². The van der Waals surface area contributed by atoms with E-state index in [4.69, 9.17) is 0 Å². The van der Waals surface area contributed by atoms with Crippen molar-refractivity contribution in [1.29, 1.82) is 0 Å². The summed E-state index contributed by atoms with van der Waals surface area (Å²) in [7, 11) is 1.79. The molecule has 0 amide bonds. The van der Waals surface area contributed by atoms with Crippen molar-refractivity contribution >= 4 is 10.8 Å². The number of nitrogens with zero attached hydrogens (tertiary/aromatic N) is 1. The summed E-state index contributed by atoms with van der Waals surface area (Å²) < 4.78 is 26.6. The Morgan fingerprint density at radius 2 is 1.90 bits per heavy atom. The number of fused-ring (bicyclic) bond motifs is 1. The zero-order valence-electron chi connectivity index (χ0n) is 11.5. The molecule has 1 aromatic heterocycles. The van der Waals surface area contributed by atoms with Gasteiger partial charge in [0.25, 0.3) is 0 Å². The van der Waals surface area contributed by atoms with Crippen LogP contribution in [0.3, 0.4) is 0 Å². The van der Waals surface area contributed by atoms with E-state index in [-0.39, 0.29) is 6.04 Å². The molecule has 1 atom stereocenters. The Kier molecular flexibility index (Phi) is 3.62. The van der Waals surface area contributed by atoms with Crippen LogP contribution in [-0.2, 0) is 0 Å². The van der Waals surface area contributed by atoms with Crippen molar-refractivity contribution < 1.29 is 8.78 Å². The lowest BCUT2D eigenvalue weighted by Gasteiger charge is -2.19. The summed E-state index contributed by atoms with van der Waals surface area (Å²) in [6, 6.07) is 11.6. The molecule has 0 spiro atoms. The average Bonchev–Trinajstić information content (AvgIpc) is 2.52. The van der Waals surface area contributed by atoms with Gasteiger partial charge in [0, 0.05) is 17.8 Å². The van der Waals surface area contributed by atoms with Crippen molar-refractivity contribution in [3.63, 3.8) is 0 Å². The molecule has 106 valence electrons. The van der Waals surface area contributed by atoms with Crippen molar-refractivity contribution in [3.05, 3.63) is 77.6 Å². The van der Waals surface area contributed by atoms with Crippen LogP contribution >= 0.6 is 0 Å². The zero-order chi connectivity index (χ0) is 14.8. The zero-order valence-corrected chi connectivity index (χ0v) is 11.5. The fourth-order valence-electron chi connectivity index (χ4n) is 2.58. The molecular weight excluding hydrogens is 270 g/mol. The van der Waals surface area contributed by atoms with Gasteiger partial charge in [0.05, 0.1) is 6.04 Å². The minimum Gasteiger partial charge on any atom is -0.309 e. The van der Waals surface area contributed by atoms with Gasteiger partial charge in [-0.1, -0.05) is 24.3 Å². The molecule has 0 saturated carbocycles. The number of nitrogens with one attached hydrogen (secondary N) is 1. The Labute approximate surface area is 121 Å². The Hall–Kier alpha value is -2.33. The van der Waals surface area contributed by atoms with Crippen molar-refractivity contribution in [3.8, 4) is 0 Å². The fraction of sp³-hybridized carbons (Fsp3) is 0.118. The van der Waals surface area contributed by atoms with E-state index in [2.05, 4.69) is 10.3 Å². The molecule has 0 saturated heterocycles. The third-order valence-corrected chi connectivity index (χ3v) is 3.59. The molecule has 3 rings (SSSR count). The predicted octanol–water partition coefficient (Wildman–Crippen LogP) is 3.82. The standard InChI is InChI=1S/C17H14F2N2/c1-20-17(12-5-6-15(18)16(19)9-12)13-4-2-3-11-7-8-21-10-14(11)13/h2-10,17,20H,1H3. The third kappa shape index (κ3) is 2.50. The number of benzene rings is 2. The third-order valence-electron chi connectivity index (χ3n) is 3.59. The quantitative estimate of drug-likeness (QED) is 0.791. The average molecular weight is 284 g/mol. The largest absolute Gasteiger partial charge is 0.309 e. The first-order valence-corrected chi connectivity index (χ1v) is 6.65. The summed E-state index contributed by atoms with van der Waals surface area (Å²) in [5.41, 5.74) is 1.65. The van der Waals surface area contributed by atoms with Crippen molar-refractivity contribution in [2.24, 2.45) is 0 Å². The van der Waals surface area contributed by atoms with Crippen molar-refractivity contribution in [2.45, 2.75) is 6.04 Å². The monoisotopic (exact) mass is 284 g/mol. The Morgan fingerprint density at radius 1 is 1.05 bits per heavy atom. The van der Waals surface area contributed by atoms with E-state index in [0.29, 0.717) is 5.56 Å². The summed E-state index contributed by atoms with van der Waals surface area (Å²) in [5, 5.41) is 5.21. The molecule has 4 heteroatoms. The Morgan fingerprint density at radius 3 is 2.67 bits per heavy atom. The van der Waals surface area contributed by atoms with E-state index in [0.717, 1.165) is 22.4 Å². The fourth-order valence-corrected chi connectivity index (χ4v) is 2.58. The smallest absolute Gasteiger partial charge is 0.159 e. The van der Waals surface area contributed by atoms with Crippen molar-refractivity contribution in [2.75, 3.05) is 7.05 Å². The minimum atomic E-state index is -0.842. The van der Waals surface area contributed by atoms with Crippen LogP contribution in [0.4, 0.5) is 8.78 Å². The van der Waals surface area contributed by atoms with Gasteiger partial charge in [-0.15, -0.1) is 0 Å². The van der Waals surface area contributed by atoms with E-state index in [9.17, 15) is 8.78 Å². The maximum Gasteiger partial charge on any atom is 0.159 e. The molecule has 0 aliphatic rings. The van der Waals surface area contributed by atoms with Crippen LogP contribution in [-0.4, -0.2) is 12.0 Å². The first kappa shape index (κ1) is 13.6. The Balaban J connectivity index is 2.16. The molecule has 0 bridgehead atoms. The first-order valence-electron chi connectivity index (χ1n) is 6.65. The van der Waals surface area contributed by atoms with Crippen LogP contribution in [0.5, 0.6) is 0 Å². The molecule has 1 heterocycles. The molecule has 3 aromatic rings. The summed E-state index contributed by atoms with van der Waals surface area (Å²) in [6.07, 6.45) is 3.52. The van der Waals surface area contributed by atoms with Crippen LogP contribution < -0.4 is 5.32 Å². The number of aromatic nitrogens is 1. The highest BCUT2D eigenvalue weighted by Gasteiger charge is 2.16. The lowest BCUT2D eigenvalue weighted by atomic mass is 9.94. The second-order valence-corrected chi connectivity index (χ2v) is 4.84. The maximum atomic E-state index is 13.5. The second kappa shape index (κ2) is 5.58. The van der Waals surface area contributed by atoms with Gasteiger partial charge in [-0.25, -0.2) is 8.78 Å². The van der Waals surface area contributed by atoms with Gasteiger partial charge < -0.3 is 5.32 Å². The highest BCUT2D eigenvalue weighted by molar-refractivity contribution is 5.85. The van der Waals surface area contributed by atoms with Crippen LogP contribution in [0.1, 0.15) is 17.2 Å². The number of hydrogen-bond donors (Lipinski definition) is 1. The molecule has 2 aromatic carbocycles. The summed E-state index contributed by atoms with van der Waals surface area (Å²) >= 11 is 0. The van der Waals surface area contributed by atoms with Crippen LogP contribution in [0.25, 0.3) is 10.8 Å². The minimum absolute atomic E-state index is 0.229. The van der Waals surface area contributed by atoms with Gasteiger partial charge in [0.15, 0.2) is 11.6 Å².